The molecule has 1 rings (SSSR count). The summed E-state index contributed by atoms with van der Waals surface area (Å²) in [7, 11) is 0. The molecule has 0 unspecified atom stereocenters. The van der Waals surface area contributed by atoms with Gasteiger partial charge in [-0.3, -0.25) is 9.79 Å². The molecule has 0 spiro atoms. The topological polar surface area (TPSA) is 78.9 Å². The minimum absolute atomic E-state index is 0.337. The normalized spacial score (nSPS) is 16.3. The molecule has 0 aromatic heterocycles. The summed E-state index contributed by atoms with van der Waals surface area (Å²) in [6, 6.07) is 0. The average Bonchev–Trinajstić information content (AvgIpc) is 2.41. The highest BCUT2D eigenvalue weighted by Gasteiger charge is 2.19. The van der Waals surface area contributed by atoms with Gasteiger partial charge in [-0.2, -0.15) is 0 Å². The van der Waals surface area contributed by atoms with E-state index in [1.807, 2.05) is 6.34 Å². The van der Waals surface area contributed by atoms with Gasteiger partial charge in [0.1, 0.15) is 0 Å². The molecule has 0 saturated heterocycles. The third-order valence-electron chi connectivity index (χ3n) is 3.26. The van der Waals surface area contributed by atoms with Gasteiger partial charge in [-0.05, 0) is 37.8 Å². The van der Waals surface area contributed by atoms with Gasteiger partial charge in [-0.15, -0.1) is 0 Å². The van der Waals surface area contributed by atoms with Crippen LogP contribution in [-0.2, 0) is 4.79 Å². The predicted molar refractivity (Wildman–Crippen MR) is 77.1 cm³/mol. The lowest BCUT2D eigenvalue weighted by molar-refractivity contribution is -0.141. The van der Waals surface area contributed by atoms with Crippen LogP contribution in [0.1, 0.15) is 39.0 Å². The number of hydrogen-bond donors (Lipinski definition) is 2. The van der Waals surface area contributed by atoms with Gasteiger partial charge in [0.15, 0.2) is 0 Å². The summed E-state index contributed by atoms with van der Waals surface area (Å²) in [6.45, 7) is 4.27. The van der Waals surface area contributed by atoms with Gasteiger partial charge in [0.2, 0.25) is 0 Å². The van der Waals surface area contributed by atoms with Gasteiger partial charge >= 0.3 is 5.97 Å². The van der Waals surface area contributed by atoms with Crippen LogP contribution in [0.2, 0.25) is 0 Å². The van der Waals surface area contributed by atoms with Crippen molar-refractivity contribution in [2.75, 3.05) is 19.6 Å². The molecule has 0 saturated carbocycles. The quantitative estimate of drug-likeness (QED) is 0.668. The van der Waals surface area contributed by atoms with Crippen molar-refractivity contribution in [3.8, 4) is 0 Å². The Morgan fingerprint density at radius 2 is 2.37 bits per heavy atom. The van der Waals surface area contributed by atoms with Crippen LogP contribution in [0, 0.1) is 5.92 Å². The second-order valence-electron chi connectivity index (χ2n) is 5.01. The van der Waals surface area contributed by atoms with E-state index in [9.17, 15) is 9.90 Å². The Bertz CT molecular complexity index is 340. The van der Waals surface area contributed by atoms with Crippen molar-refractivity contribution in [3.05, 3.63) is 11.8 Å². The van der Waals surface area contributed by atoms with E-state index in [2.05, 4.69) is 23.0 Å². The molecular formula is C14H25N3O2. The van der Waals surface area contributed by atoms with Crippen molar-refractivity contribution in [3.63, 3.8) is 0 Å². The monoisotopic (exact) mass is 267 g/mol. The number of unbranched alkanes of at least 4 members (excludes halogenated alkanes) is 1. The zero-order valence-electron chi connectivity index (χ0n) is 11.7. The molecule has 108 valence electrons. The van der Waals surface area contributed by atoms with E-state index in [4.69, 9.17) is 5.73 Å². The number of rotatable bonds is 9. The number of nitrogens with two attached hydrogens (primary N) is 1. The van der Waals surface area contributed by atoms with E-state index in [1.165, 1.54) is 0 Å². The highest BCUT2D eigenvalue weighted by Crippen LogP contribution is 2.19. The minimum atomic E-state index is -0.732. The molecule has 1 atom stereocenters. The lowest BCUT2D eigenvalue weighted by Crippen LogP contribution is -2.23. The minimum Gasteiger partial charge on any atom is -0.481 e. The number of carboxylic acids is 1. The molecule has 19 heavy (non-hydrogen) atoms. The van der Waals surface area contributed by atoms with Crippen LogP contribution >= 0.6 is 0 Å². The SMILES string of the molecule is CCCCN1C=NCC(C[C@@H](CCCN)C(=O)O)=C1. The van der Waals surface area contributed by atoms with E-state index < -0.39 is 5.97 Å². The van der Waals surface area contributed by atoms with Crippen molar-refractivity contribution in [1.82, 2.24) is 4.90 Å². The standard InChI is InChI=1S/C14H25N3O2/c1-2-3-7-17-10-12(9-16-11-17)8-13(14(18)19)5-4-6-15/h10-11,13H,2-9,15H2,1H3,(H,18,19)/t13-/m1/s1. The first-order valence-corrected chi connectivity index (χ1v) is 7.05. The first-order chi connectivity index (χ1) is 9.17. The Morgan fingerprint density at radius 1 is 1.58 bits per heavy atom. The van der Waals surface area contributed by atoms with Crippen molar-refractivity contribution in [2.24, 2.45) is 16.6 Å². The summed E-state index contributed by atoms with van der Waals surface area (Å²) in [5.41, 5.74) is 6.55. The van der Waals surface area contributed by atoms with Crippen molar-refractivity contribution in [2.45, 2.75) is 39.0 Å². The summed E-state index contributed by atoms with van der Waals surface area (Å²) >= 11 is 0. The zero-order valence-corrected chi connectivity index (χ0v) is 11.7. The summed E-state index contributed by atoms with van der Waals surface area (Å²) < 4.78 is 0. The van der Waals surface area contributed by atoms with Gasteiger partial charge in [-0.1, -0.05) is 13.3 Å². The third-order valence-corrected chi connectivity index (χ3v) is 3.26. The summed E-state index contributed by atoms with van der Waals surface area (Å²) in [4.78, 5) is 17.6. The highest BCUT2D eigenvalue weighted by atomic mass is 16.4. The largest absolute Gasteiger partial charge is 0.481 e. The molecule has 0 bridgehead atoms. The fourth-order valence-electron chi connectivity index (χ4n) is 2.15. The Hall–Kier alpha value is -1.36. The molecule has 1 heterocycles. The van der Waals surface area contributed by atoms with E-state index in [0.717, 1.165) is 31.4 Å². The Labute approximate surface area is 115 Å². The van der Waals surface area contributed by atoms with Crippen LogP contribution in [0.15, 0.2) is 16.8 Å². The Kier molecular flexibility index (Phi) is 7.18. The van der Waals surface area contributed by atoms with Crippen LogP contribution in [0.3, 0.4) is 0 Å². The van der Waals surface area contributed by atoms with Gasteiger partial charge in [0.05, 0.1) is 18.8 Å². The number of carbonyl (C=O) groups is 1. The van der Waals surface area contributed by atoms with Gasteiger partial charge in [-0.25, -0.2) is 0 Å². The van der Waals surface area contributed by atoms with Crippen LogP contribution in [0.4, 0.5) is 0 Å². The van der Waals surface area contributed by atoms with Crippen LogP contribution < -0.4 is 5.73 Å². The summed E-state index contributed by atoms with van der Waals surface area (Å²) in [5, 5.41) is 9.22. The molecule has 1 aliphatic rings. The molecule has 5 heteroatoms. The number of carboxylic acid groups (broad SMARTS) is 1. The van der Waals surface area contributed by atoms with Crippen molar-refractivity contribution < 1.29 is 9.90 Å². The molecule has 5 nitrogen and oxygen atoms in total. The van der Waals surface area contributed by atoms with Gasteiger partial charge < -0.3 is 15.7 Å². The molecule has 0 amide bonds. The van der Waals surface area contributed by atoms with E-state index in [1.54, 1.807) is 0 Å². The number of aliphatic imine (C=N–C) groups is 1. The van der Waals surface area contributed by atoms with Gasteiger partial charge in [0.25, 0.3) is 0 Å². The molecular weight excluding hydrogens is 242 g/mol. The van der Waals surface area contributed by atoms with Crippen molar-refractivity contribution in [1.29, 1.82) is 0 Å². The maximum atomic E-state index is 11.2. The van der Waals surface area contributed by atoms with Crippen molar-refractivity contribution >= 4 is 12.3 Å². The highest BCUT2D eigenvalue weighted by molar-refractivity contribution is 5.70. The lowest BCUT2D eigenvalue weighted by atomic mass is 9.94. The maximum Gasteiger partial charge on any atom is 0.306 e. The van der Waals surface area contributed by atoms with E-state index in [-0.39, 0.29) is 5.92 Å². The molecule has 3 N–H and O–H groups in total. The molecule has 0 fully saturated rings. The molecule has 0 aromatic rings. The third kappa shape index (κ3) is 5.87. The summed E-state index contributed by atoms with van der Waals surface area (Å²) in [6.07, 6.45) is 8.13. The fraction of sp³-hybridized carbons (Fsp3) is 0.714. The molecule has 1 aliphatic heterocycles. The number of hydrogen-bond acceptors (Lipinski definition) is 4. The molecule has 0 aromatic carbocycles. The second-order valence-corrected chi connectivity index (χ2v) is 5.01. The maximum absolute atomic E-state index is 11.2. The number of nitrogens with zero attached hydrogens (tertiary/aromatic N) is 2. The fourth-order valence-corrected chi connectivity index (χ4v) is 2.15. The molecule has 0 radical (unpaired) electrons. The first kappa shape index (κ1) is 15.7. The Morgan fingerprint density at radius 3 is 3.00 bits per heavy atom. The first-order valence-electron chi connectivity index (χ1n) is 7.05. The Balaban J connectivity index is 2.52. The number of aliphatic carboxylic acids is 1. The van der Waals surface area contributed by atoms with Crippen LogP contribution in [0.25, 0.3) is 0 Å². The van der Waals surface area contributed by atoms with E-state index in [0.29, 0.717) is 25.9 Å². The zero-order chi connectivity index (χ0) is 14.1. The van der Waals surface area contributed by atoms with E-state index >= 15 is 0 Å². The second kappa shape index (κ2) is 8.69. The predicted octanol–water partition coefficient (Wildman–Crippen LogP) is 1.84. The smallest absolute Gasteiger partial charge is 0.306 e. The van der Waals surface area contributed by atoms with Gasteiger partial charge in [0, 0.05) is 12.7 Å². The van der Waals surface area contributed by atoms with Crippen LogP contribution in [-0.4, -0.2) is 41.9 Å². The summed E-state index contributed by atoms with van der Waals surface area (Å²) in [5.74, 6) is -1.07. The average molecular weight is 267 g/mol. The molecule has 0 aliphatic carbocycles. The van der Waals surface area contributed by atoms with Crippen LogP contribution in [0.5, 0.6) is 0 Å². The lowest BCUT2D eigenvalue weighted by Gasteiger charge is -2.22.